The Kier molecular flexibility index (Phi) is 4.10. The zero-order valence-corrected chi connectivity index (χ0v) is 17.3. The van der Waals surface area contributed by atoms with Crippen LogP contribution in [0.1, 0.15) is 69.4 Å². The third-order valence-electron chi connectivity index (χ3n) is 5.68. The Morgan fingerprint density at radius 3 is 2.08 bits per heavy atom. The number of rotatable bonds is 1. The molecule has 0 saturated carbocycles. The molecule has 26 heavy (non-hydrogen) atoms. The Labute approximate surface area is 157 Å². The monoisotopic (exact) mass is 350 g/mol. The van der Waals surface area contributed by atoms with Crippen molar-refractivity contribution in [2.45, 2.75) is 66.2 Å². The molecule has 0 spiro atoms. The molecule has 2 heteroatoms. The van der Waals surface area contributed by atoms with Crippen LogP contribution in [0.3, 0.4) is 0 Å². The van der Waals surface area contributed by atoms with Gasteiger partial charge in [0, 0.05) is 5.56 Å². The summed E-state index contributed by atoms with van der Waals surface area (Å²) in [5.41, 5.74) is 4.42. The van der Waals surface area contributed by atoms with Crippen LogP contribution in [0.25, 0.3) is 0 Å². The van der Waals surface area contributed by atoms with Crippen LogP contribution in [0, 0.1) is 19.3 Å². The predicted molar refractivity (Wildman–Crippen MR) is 107 cm³/mol. The average molecular weight is 351 g/mol. The first kappa shape index (κ1) is 18.7. The van der Waals surface area contributed by atoms with Crippen LogP contribution in [-0.2, 0) is 15.6 Å². The topological polar surface area (TPSA) is 26.3 Å². The minimum absolute atomic E-state index is 0.00589. The molecule has 1 unspecified atom stereocenters. The van der Waals surface area contributed by atoms with Gasteiger partial charge in [0.1, 0.15) is 11.2 Å². The van der Waals surface area contributed by atoms with Crippen LogP contribution >= 0.6 is 0 Å². The van der Waals surface area contributed by atoms with Gasteiger partial charge < -0.3 is 4.74 Å². The maximum Gasteiger partial charge on any atom is 0.327 e. The van der Waals surface area contributed by atoms with E-state index >= 15 is 0 Å². The molecule has 138 valence electrons. The molecule has 0 fully saturated rings. The summed E-state index contributed by atoms with van der Waals surface area (Å²) in [6.45, 7) is 17.2. The summed E-state index contributed by atoms with van der Waals surface area (Å²) < 4.78 is 5.83. The number of aryl methyl sites for hydroxylation is 2. The lowest BCUT2D eigenvalue weighted by Gasteiger charge is -2.40. The third kappa shape index (κ3) is 2.58. The second-order valence-corrected chi connectivity index (χ2v) is 9.67. The molecule has 3 rings (SSSR count). The fourth-order valence-corrected chi connectivity index (χ4v) is 4.17. The first-order valence-electron chi connectivity index (χ1n) is 9.34. The number of benzene rings is 2. The van der Waals surface area contributed by atoms with Crippen molar-refractivity contribution >= 4 is 5.97 Å². The highest BCUT2D eigenvalue weighted by molar-refractivity contribution is 5.96. The van der Waals surface area contributed by atoms with Crippen molar-refractivity contribution in [3.05, 3.63) is 64.2 Å². The first-order chi connectivity index (χ1) is 11.9. The number of carbonyl (C=O) groups excluding carboxylic acids is 1. The molecule has 1 heterocycles. The van der Waals surface area contributed by atoms with Crippen molar-refractivity contribution in [3.8, 4) is 5.75 Å². The van der Waals surface area contributed by atoms with E-state index in [1.54, 1.807) is 0 Å². The molecule has 0 bridgehead atoms. The van der Waals surface area contributed by atoms with Gasteiger partial charge in [0.15, 0.2) is 0 Å². The maximum absolute atomic E-state index is 13.4. The number of ether oxygens (including phenoxy) is 1. The van der Waals surface area contributed by atoms with Crippen molar-refractivity contribution in [2.75, 3.05) is 0 Å². The summed E-state index contributed by atoms with van der Waals surface area (Å²) >= 11 is 0. The van der Waals surface area contributed by atoms with Crippen LogP contribution in [0.4, 0.5) is 0 Å². The molecule has 1 aliphatic rings. The van der Waals surface area contributed by atoms with Gasteiger partial charge in [-0.05, 0) is 47.4 Å². The van der Waals surface area contributed by atoms with Gasteiger partial charge in [-0.3, -0.25) is 4.79 Å². The largest absolute Gasteiger partial charge is 0.425 e. The third-order valence-corrected chi connectivity index (χ3v) is 5.68. The van der Waals surface area contributed by atoms with Gasteiger partial charge in [0.05, 0.1) is 0 Å². The van der Waals surface area contributed by atoms with Crippen LogP contribution in [0.5, 0.6) is 5.75 Å². The van der Waals surface area contributed by atoms with Gasteiger partial charge >= 0.3 is 5.97 Å². The van der Waals surface area contributed by atoms with E-state index in [9.17, 15) is 4.79 Å². The van der Waals surface area contributed by atoms with E-state index in [1.165, 1.54) is 5.56 Å². The number of hydrogen-bond acceptors (Lipinski definition) is 2. The second-order valence-electron chi connectivity index (χ2n) is 9.67. The molecule has 0 saturated heterocycles. The molecule has 0 aliphatic carbocycles. The van der Waals surface area contributed by atoms with E-state index in [4.69, 9.17) is 4.74 Å². The predicted octanol–water partition coefficient (Wildman–Crippen LogP) is 5.85. The zero-order valence-electron chi connectivity index (χ0n) is 17.3. The Morgan fingerprint density at radius 1 is 0.846 bits per heavy atom. The molecule has 2 nitrogen and oxygen atoms in total. The van der Waals surface area contributed by atoms with Gasteiger partial charge in [-0.2, -0.15) is 0 Å². The van der Waals surface area contributed by atoms with Crippen molar-refractivity contribution in [1.82, 2.24) is 0 Å². The molecule has 2 aromatic rings. The average Bonchev–Trinajstić information content (AvgIpc) is 2.80. The summed E-state index contributed by atoms with van der Waals surface area (Å²) in [6.07, 6.45) is 0. The maximum atomic E-state index is 13.4. The minimum Gasteiger partial charge on any atom is -0.425 e. The number of fused-ring (bicyclic) bond motifs is 1. The van der Waals surface area contributed by atoms with Gasteiger partial charge in [-0.15, -0.1) is 0 Å². The van der Waals surface area contributed by atoms with Crippen LogP contribution in [-0.4, -0.2) is 5.97 Å². The summed E-state index contributed by atoms with van der Waals surface area (Å²) in [5, 5.41) is 0. The highest BCUT2D eigenvalue weighted by Crippen LogP contribution is 2.55. The quantitative estimate of drug-likeness (QED) is 0.476. The van der Waals surface area contributed by atoms with Crippen molar-refractivity contribution < 1.29 is 9.53 Å². The number of carbonyl (C=O) groups is 1. The van der Waals surface area contributed by atoms with Crippen molar-refractivity contribution in [1.29, 1.82) is 0 Å². The molecule has 1 aliphatic heterocycles. The lowest BCUT2D eigenvalue weighted by Crippen LogP contribution is -2.47. The fourth-order valence-electron chi connectivity index (χ4n) is 4.17. The molecule has 0 amide bonds. The Hall–Kier alpha value is -2.09. The smallest absolute Gasteiger partial charge is 0.327 e. The summed E-state index contributed by atoms with van der Waals surface area (Å²) in [4.78, 5) is 13.4. The summed E-state index contributed by atoms with van der Waals surface area (Å²) in [5.74, 6) is 0.526. The van der Waals surface area contributed by atoms with Crippen molar-refractivity contribution in [3.63, 3.8) is 0 Å². The first-order valence-corrected chi connectivity index (χ1v) is 9.34. The minimum atomic E-state index is -0.806. The van der Waals surface area contributed by atoms with Gasteiger partial charge in [-0.1, -0.05) is 77.4 Å². The lowest BCUT2D eigenvalue weighted by atomic mass is 9.58. The molecule has 2 aromatic carbocycles. The molecular formula is C24H30O2. The van der Waals surface area contributed by atoms with Gasteiger partial charge in [0.2, 0.25) is 0 Å². The standard InChI is InChI=1S/C24H30O2/c1-15-9-10-16(2)18(13-15)24(23(6,7)8)19-14-17(22(3,4)5)11-12-20(19)26-21(24)25/h9-14H,1-8H3. The normalized spacial score (nSPS) is 20.1. The van der Waals surface area contributed by atoms with Gasteiger partial charge in [0.25, 0.3) is 0 Å². The lowest BCUT2D eigenvalue weighted by molar-refractivity contribution is -0.140. The molecule has 0 aromatic heterocycles. The molecular weight excluding hydrogens is 320 g/mol. The molecule has 1 atom stereocenters. The van der Waals surface area contributed by atoms with E-state index in [1.807, 2.05) is 6.07 Å². The Balaban J connectivity index is 2.42. The zero-order chi connectivity index (χ0) is 19.5. The fraction of sp³-hybridized carbons (Fsp3) is 0.458. The highest BCUT2D eigenvalue weighted by atomic mass is 16.5. The Morgan fingerprint density at radius 2 is 1.50 bits per heavy atom. The van der Waals surface area contributed by atoms with E-state index in [0.29, 0.717) is 5.75 Å². The summed E-state index contributed by atoms with van der Waals surface area (Å²) in [6, 6.07) is 12.6. The van der Waals surface area contributed by atoms with E-state index < -0.39 is 5.41 Å². The number of esters is 1. The van der Waals surface area contributed by atoms with Crippen LogP contribution in [0.2, 0.25) is 0 Å². The molecule has 0 N–H and O–H groups in total. The molecule has 0 radical (unpaired) electrons. The Bertz CT molecular complexity index is 878. The van der Waals surface area contributed by atoms with E-state index in [0.717, 1.165) is 22.3 Å². The van der Waals surface area contributed by atoms with Crippen molar-refractivity contribution in [2.24, 2.45) is 5.41 Å². The van der Waals surface area contributed by atoms with E-state index in [-0.39, 0.29) is 16.8 Å². The second kappa shape index (κ2) is 5.70. The highest BCUT2D eigenvalue weighted by Gasteiger charge is 2.58. The van der Waals surface area contributed by atoms with Crippen LogP contribution < -0.4 is 4.74 Å². The summed E-state index contributed by atoms with van der Waals surface area (Å²) in [7, 11) is 0. The van der Waals surface area contributed by atoms with Crippen LogP contribution in [0.15, 0.2) is 36.4 Å². The van der Waals surface area contributed by atoms with E-state index in [2.05, 4.69) is 85.7 Å². The number of hydrogen-bond donors (Lipinski definition) is 0. The van der Waals surface area contributed by atoms with Gasteiger partial charge in [-0.25, -0.2) is 0 Å². The SMILES string of the molecule is Cc1ccc(C)c(C2(C(C)(C)C)C(=O)Oc3ccc(C(C)(C)C)cc32)c1.